The average molecular weight is 629 g/mol. The molecule has 0 N–H and O–H groups in total. The van der Waals surface area contributed by atoms with E-state index in [9.17, 15) is 0 Å². The Kier molecular flexibility index (Phi) is 7.74. The first-order chi connectivity index (χ1) is 11.1. The number of allylic oxidation sites excluding steroid dienone is 5. The molecule has 2 atom stereocenters. The van der Waals surface area contributed by atoms with Crippen molar-refractivity contribution in [2.24, 2.45) is 11.8 Å². The Morgan fingerprint density at radius 1 is 0.960 bits per heavy atom. The molecule has 25 heavy (non-hydrogen) atoms. The molecule has 3 heteroatoms. The molecular formula is C22H26Br2Hf. The fraction of sp³-hybridized carbons (Fsp3) is 0.455. The van der Waals surface area contributed by atoms with Crippen LogP contribution in [0.1, 0.15) is 63.5 Å². The summed E-state index contributed by atoms with van der Waals surface area (Å²) in [5, 5.41) is 0. The fourth-order valence-electron chi connectivity index (χ4n) is 4.62. The van der Waals surface area contributed by atoms with Crippen molar-refractivity contribution in [1.82, 2.24) is 0 Å². The van der Waals surface area contributed by atoms with Gasteiger partial charge in [0, 0.05) is 0 Å². The third-order valence-corrected chi connectivity index (χ3v) is 11.6. The van der Waals surface area contributed by atoms with Crippen molar-refractivity contribution in [3.8, 4) is 0 Å². The smallest absolute Gasteiger partial charge is 1.00 e. The molecule has 2 unspecified atom stereocenters. The second-order valence-electron chi connectivity index (χ2n) is 7.65. The summed E-state index contributed by atoms with van der Waals surface area (Å²) in [4.78, 5) is 0. The molecule has 0 radical (unpaired) electrons. The van der Waals surface area contributed by atoms with E-state index in [2.05, 4.69) is 57.2 Å². The topological polar surface area (TPSA) is 0 Å². The van der Waals surface area contributed by atoms with Crippen LogP contribution in [-0.4, -0.2) is 0 Å². The van der Waals surface area contributed by atoms with Crippen LogP contribution in [0.3, 0.4) is 0 Å². The van der Waals surface area contributed by atoms with Gasteiger partial charge >= 0.3 is 152 Å². The van der Waals surface area contributed by atoms with Gasteiger partial charge in [-0.15, -0.1) is 0 Å². The Morgan fingerprint density at radius 3 is 2.40 bits per heavy atom. The Balaban J connectivity index is 0.00000113. The molecule has 0 saturated carbocycles. The minimum absolute atomic E-state index is 0. The second-order valence-corrected chi connectivity index (χ2v) is 12.7. The SMILES string of the molecule is CC1[C]([Hf+2][C]2=CC3=C(CCCC3)C2C(C)C)=Cc2ccccc21.[Br-].[Br-]. The van der Waals surface area contributed by atoms with E-state index in [0.29, 0.717) is 5.92 Å². The van der Waals surface area contributed by atoms with E-state index in [1.54, 1.807) is 11.1 Å². The molecule has 0 nitrogen and oxygen atoms in total. The fourth-order valence-corrected chi connectivity index (χ4v) is 11.2. The van der Waals surface area contributed by atoms with Crippen LogP contribution in [0.2, 0.25) is 0 Å². The van der Waals surface area contributed by atoms with Gasteiger partial charge in [0.15, 0.2) is 0 Å². The van der Waals surface area contributed by atoms with Gasteiger partial charge in [0.2, 0.25) is 0 Å². The molecule has 0 saturated heterocycles. The summed E-state index contributed by atoms with van der Waals surface area (Å²) in [6, 6.07) is 9.02. The maximum Gasteiger partial charge on any atom is -1.00 e. The Labute approximate surface area is 185 Å². The first-order valence-corrected chi connectivity index (χ1v) is 12.8. The zero-order valence-electron chi connectivity index (χ0n) is 15.3. The summed E-state index contributed by atoms with van der Waals surface area (Å²) < 4.78 is 3.70. The van der Waals surface area contributed by atoms with Crippen molar-refractivity contribution < 1.29 is 56.9 Å². The number of hydrogen-bond donors (Lipinski definition) is 0. The molecular weight excluding hydrogens is 603 g/mol. The summed E-state index contributed by atoms with van der Waals surface area (Å²) in [5.41, 5.74) is 6.62. The maximum atomic E-state index is 2.67. The van der Waals surface area contributed by atoms with Crippen LogP contribution in [0.4, 0.5) is 0 Å². The van der Waals surface area contributed by atoms with Gasteiger partial charge in [0.25, 0.3) is 0 Å². The van der Waals surface area contributed by atoms with Crippen LogP contribution >= 0.6 is 0 Å². The van der Waals surface area contributed by atoms with Gasteiger partial charge in [-0.1, -0.05) is 0 Å². The van der Waals surface area contributed by atoms with Crippen LogP contribution in [0, 0.1) is 11.8 Å². The predicted octanol–water partition coefficient (Wildman–Crippen LogP) is 0.275. The number of hydrogen-bond acceptors (Lipinski definition) is 0. The van der Waals surface area contributed by atoms with E-state index in [1.165, 1.54) is 31.2 Å². The van der Waals surface area contributed by atoms with Crippen molar-refractivity contribution in [3.05, 3.63) is 59.3 Å². The molecule has 0 heterocycles. The minimum atomic E-state index is -0.905. The third kappa shape index (κ3) is 4.09. The third-order valence-electron chi connectivity index (χ3n) is 5.79. The van der Waals surface area contributed by atoms with Crippen LogP contribution < -0.4 is 34.0 Å². The molecule has 0 aromatic heterocycles. The van der Waals surface area contributed by atoms with E-state index in [-0.39, 0.29) is 34.0 Å². The molecule has 0 bridgehead atoms. The molecule has 132 valence electrons. The number of benzene rings is 1. The predicted molar refractivity (Wildman–Crippen MR) is 94.7 cm³/mol. The Hall–Kier alpha value is 0.270. The molecule has 0 amide bonds. The van der Waals surface area contributed by atoms with Gasteiger partial charge in [0.05, 0.1) is 0 Å². The molecule has 3 aliphatic rings. The van der Waals surface area contributed by atoms with Crippen molar-refractivity contribution in [3.63, 3.8) is 0 Å². The molecule has 0 fully saturated rings. The molecule has 1 aromatic carbocycles. The van der Waals surface area contributed by atoms with Gasteiger partial charge < -0.3 is 34.0 Å². The molecule has 1 aromatic rings. The van der Waals surface area contributed by atoms with Crippen LogP contribution in [0.25, 0.3) is 6.08 Å². The second kappa shape index (κ2) is 8.97. The largest absolute Gasteiger partial charge is 1.00 e. The minimum Gasteiger partial charge on any atom is -1.00 e. The van der Waals surface area contributed by atoms with E-state index < -0.39 is 22.9 Å². The Morgan fingerprint density at radius 2 is 1.68 bits per heavy atom. The Bertz CT molecular complexity index is 727. The van der Waals surface area contributed by atoms with Gasteiger partial charge in [-0.2, -0.15) is 0 Å². The van der Waals surface area contributed by atoms with Crippen molar-refractivity contribution in [1.29, 1.82) is 0 Å². The normalized spacial score (nSPS) is 23.8. The summed E-state index contributed by atoms with van der Waals surface area (Å²) >= 11 is -0.905. The van der Waals surface area contributed by atoms with Gasteiger partial charge in [-0.05, 0) is 0 Å². The summed E-state index contributed by atoms with van der Waals surface area (Å²) in [7, 11) is 0. The number of halogens is 2. The monoisotopic (exact) mass is 628 g/mol. The van der Waals surface area contributed by atoms with Crippen molar-refractivity contribution in [2.75, 3.05) is 0 Å². The molecule has 0 spiro atoms. The van der Waals surface area contributed by atoms with E-state index in [4.69, 9.17) is 0 Å². The zero-order chi connectivity index (χ0) is 16.0. The molecule has 3 aliphatic carbocycles. The summed E-state index contributed by atoms with van der Waals surface area (Å²) in [6.45, 7) is 7.30. The van der Waals surface area contributed by atoms with E-state index in [0.717, 1.165) is 11.8 Å². The van der Waals surface area contributed by atoms with Crippen molar-refractivity contribution >= 4 is 6.08 Å². The molecule has 0 aliphatic heterocycles. The summed E-state index contributed by atoms with van der Waals surface area (Å²) in [6.07, 6.45) is 10.8. The molecule has 4 rings (SSSR count). The van der Waals surface area contributed by atoms with Gasteiger partial charge in [0.1, 0.15) is 0 Å². The van der Waals surface area contributed by atoms with Crippen molar-refractivity contribution in [2.45, 2.75) is 52.4 Å². The zero-order valence-corrected chi connectivity index (χ0v) is 22.0. The van der Waals surface area contributed by atoms with Crippen LogP contribution in [0.5, 0.6) is 0 Å². The van der Waals surface area contributed by atoms with E-state index >= 15 is 0 Å². The number of rotatable bonds is 3. The van der Waals surface area contributed by atoms with Crippen LogP contribution in [0.15, 0.2) is 48.1 Å². The number of fused-ring (bicyclic) bond motifs is 1. The first kappa shape index (κ1) is 21.6. The summed E-state index contributed by atoms with van der Waals surface area (Å²) in [5.74, 6) is 2.24. The van der Waals surface area contributed by atoms with Crippen LogP contribution in [-0.2, 0) is 22.9 Å². The average Bonchev–Trinajstić information content (AvgIpc) is 3.06. The maximum absolute atomic E-state index is 2.67. The van der Waals surface area contributed by atoms with E-state index in [1.807, 2.05) is 12.2 Å². The standard InChI is InChI=1S/C12H17.C10H9.2BrH.Hf/c1-9(2)11-8-7-10-5-3-4-6-12(10)11;1-8-6-7-9-4-2-3-5-10(8)9;;;/h7,9,11H,3-6H2,1-2H3;2-5,7-8H,1H3;2*1H;/q;;;;+2/p-2. The van der Waals surface area contributed by atoms with Gasteiger partial charge in [-0.25, -0.2) is 0 Å². The van der Waals surface area contributed by atoms with Gasteiger partial charge in [-0.3, -0.25) is 0 Å². The first-order valence-electron chi connectivity index (χ1n) is 9.16. The quantitative estimate of drug-likeness (QED) is 0.423.